The van der Waals surface area contributed by atoms with Crippen molar-refractivity contribution in [2.45, 2.75) is 65.6 Å². The Morgan fingerprint density at radius 1 is 1.38 bits per heavy atom. The zero-order valence-electron chi connectivity index (χ0n) is 11.0. The summed E-state index contributed by atoms with van der Waals surface area (Å²) in [5, 5.41) is 7.87. The Morgan fingerprint density at radius 2 is 2.12 bits per heavy atom. The molecule has 0 aliphatic rings. The van der Waals surface area contributed by atoms with Gasteiger partial charge in [-0.3, -0.25) is 4.68 Å². The highest BCUT2D eigenvalue weighted by molar-refractivity contribution is 5.03. The zero-order valence-corrected chi connectivity index (χ0v) is 11.0. The van der Waals surface area contributed by atoms with Gasteiger partial charge in [-0.15, -0.1) is 0 Å². The van der Waals surface area contributed by atoms with Crippen LogP contribution >= 0.6 is 0 Å². The number of aromatic nitrogens is 2. The lowest BCUT2D eigenvalue weighted by atomic mass is 10.1. The van der Waals surface area contributed by atoms with Crippen molar-refractivity contribution < 1.29 is 0 Å². The molecule has 0 bridgehead atoms. The largest absolute Gasteiger partial charge is 0.310 e. The van der Waals surface area contributed by atoms with E-state index in [0.29, 0.717) is 12.1 Å². The summed E-state index contributed by atoms with van der Waals surface area (Å²) in [6.07, 6.45) is 7.93. The highest BCUT2D eigenvalue weighted by atomic mass is 15.3. The number of nitrogens with zero attached hydrogens (tertiary/aromatic N) is 2. The van der Waals surface area contributed by atoms with E-state index < -0.39 is 0 Å². The molecule has 1 N–H and O–H groups in total. The third kappa shape index (κ3) is 4.35. The monoisotopic (exact) mass is 223 g/mol. The Labute approximate surface area is 99.2 Å². The maximum absolute atomic E-state index is 4.33. The number of rotatable bonds is 7. The van der Waals surface area contributed by atoms with Gasteiger partial charge in [0.15, 0.2) is 0 Å². The summed E-state index contributed by atoms with van der Waals surface area (Å²) in [6, 6.07) is 1.05. The molecule has 1 aromatic rings. The van der Waals surface area contributed by atoms with Gasteiger partial charge < -0.3 is 5.32 Å². The maximum Gasteiger partial charge on any atom is 0.0534 e. The third-order valence-corrected chi connectivity index (χ3v) is 2.83. The van der Waals surface area contributed by atoms with Gasteiger partial charge in [0.1, 0.15) is 0 Å². The Balaban J connectivity index is 2.31. The molecule has 0 spiro atoms. The predicted molar refractivity (Wildman–Crippen MR) is 68.4 cm³/mol. The van der Waals surface area contributed by atoms with Gasteiger partial charge in [0, 0.05) is 30.4 Å². The van der Waals surface area contributed by atoms with Gasteiger partial charge in [-0.05, 0) is 27.2 Å². The SMILES string of the molecule is CCCCC(C)NCc1cnn(C(C)C)c1. The van der Waals surface area contributed by atoms with Crippen LogP contribution in [0.4, 0.5) is 0 Å². The van der Waals surface area contributed by atoms with E-state index in [1.54, 1.807) is 0 Å². The van der Waals surface area contributed by atoms with E-state index in [0.717, 1.165) is 6.54 Å². The van der Waals surface area contributed by atoms with Crippen molar-refractivity contribution in [1.29, 1.82) is 0 Å². The van der Waals surface area contributed by atoms with E-state index in [9.17, 15) is 0 Å². The molecular weight excluding hydrogens is 198 g/mol. The second-order valence-electron chi connectivity index (χ2n) is 4.85. The molecule has 16 heavy (non-hydrogen) atoms. The molecule has 1 aromatic heterocycles. The molecule has 0 aliphatic heterocycles. The number of unbranched alkanes of at least 4 members (excludes halogenated alkanes) is 1. The molecule has 1 atom stereocenters. The first-order valence-corrected chi connectivity index (χ1v) is 6.40. The van der Waals surface area contributed by atoms with E-state index in [1.165, 1.54) is 24.8 Å². The molecule has 1 unspecified atom stereocenters. The molecule has 0 fully saturated rings. The van der Waals surface area contributed by atoms with E-state index in [4.69, 9.17) is 0 Å². The van der Waals surface area contributed by atoms with Gasteiger partial charge in [0.25, 0.3) is 0 Å². The van der Waals surface area contributed by atoms with Crippen LogP contribution in [0.25, 0.3) is 0 Å². The molecule has 0 saturated heterocycles. The summed E-state index contributed by atoms with van der Waals surface area (Å²) in [5.74, 6) is 0. The van der Waals surface area contributed by atoms with Crippen LogP contribution in [0.5, 0.6) is 0 Å². The minimum absolute atomic E-state index is 0.450. The second kappa shape index (κ2) is 6.69. The fourth-order valence-corrected chi connectivity index (χ4v) is 1.66. The fraction of sp³-hybridized carbons (Fsp3) is 0.769. The van der Waals surface area contributed by atoms with Crippen molar-refractivity contribution >= 4 is 0 Å². The van der Waals surface area contributed by atoms with E-state index in [1.807, 2.05) is 10.9 Å². The first kappa shape index (κ1) is 13.2. The first-order chi connectivity index (χ1) is 7.63. The van der Waals surface area contributed by atoms with Crippen LogP contribution in [0.15, 0.2) is 12.4 Å². The van der Waals surface area contributed by atoms with Gasteiger partial charge in [-0.25, -0.2) is 0 Å². The van der Waals surface area contributed by atoms with Crippen LogP contribution < -0.4 is 5.32 Å². The molecule has 1 rings (SSSR count). The van der Waals surface area contributed by atoms with Crippen molar-refractivity contribution in [2.75, 3.05) is 0 Å². The molecule has 1 heterocycles. The number of hydrogen-bond donors (Lipinski definition) is 1. The second-order valence-corrected chi connectivity index (χ2v) is 4.85. The molecule has 3 heteroatoms. The summed E-state index contributed by atoms with van der Waals surface area (Å²) in [6.45, 7) is 9.71. The van der Waals surface area contributed by atoms with Crippen LogP contribution in [0.2, 0.25) is 0 Å². The Morgan fingerprint density at radius 3 is 2.69 bits per heavy atom. The third-order valence-electron chi connectivity index (χ3n) is 2.83. The van der Waals surface area contributed by atoms with Crippen molar-refractivity contribution in [3.05, 3.63) is 18.0 Å². The lowest BCUT2D eigenvalue weighted by molar-refractivity contribution is 0.493. The Hall–Kier alpha value is -0.830. The van der Waals surface area contributed by atoms with Gasteiger partial charge >= 0.3 is 0 Å². The summed E-state index contributed by atoms with van der Waals surface area (Å²) in [7, 11) is 0. The lowest BCUT2D eigenvalue weighted by Gasteiger charge is -2.12. The fourth-order valence-electron chi connectivity index (χ4n) is 1.66. The average molecular weight is 223 g/mol. The average Bonchev–Trinajstić information content (AvgIpc) is 2.72. The molecule has 0 saturated carbocycles. The summed E-state index contributed by atoms with van der Waals surface area (Å²) in [5.41, 5.74) is 1.28. The van der Waals surface area contributed by atoms with E-state index in [2.05, 4.69) is 44.3 Å². The summed E-state index contributed by atoms with van der Waals surface area (Å²) < 4.78 is 2.01. The number of nitrogens with one attached hydrogen (secondary N) is 1. The quantitative estimate of drug-likeness (QED) is 0.769. The number of hydrogen-bond acceptors (Lipinski definition) is 2. The van der Waals surface area contributed by atoms with Crippen molar-refractivity contribution in [3.63, 3.8) is 0 Å². The van der Waals surface area contributed by atoms with Gasteiger partial charge in [0.05, 0.1) is 6.20 Å². The maximum atomic E-state index is 4.33. The highest BCUT2D eigenvalue weighted by Gasteiger charge is 2.04. The molecular formula is C13H25N3. The smallest absolute Gasteiger partial charge is 0.0534 e. The van der Waals surface area contributed by atoms with Gasteiger partial charge in [0.2, 0.25) is 0 Å². The zero-order chi connectivity index (χ0) is 12.0. The van der Waals surface area contributed by atoms with Crippen LogP contribution in [0.3, 0.4) is 0 Å². The van der Waals surface area contributed by atoms with Crippen LogP contribution in [-0.2, 0) is 6.54 Å². The Bertz CT molecular complexity index is 291. The minimum Gasteiger partial charge on any atom is -0.310 e. The Kier molecular flexibility index (Phi) is 5.53. The van der Waals surface area contributed by atoms with E-state index in [-0.39, 0.29) is 0 Å². The molecule has 0 amide bonds. The van der Waals surface area contributed by atoms with Crippen LogP contribution in [0.1, 0.15) is 58.6 Å². The van der Waals surface area contributed by atoms with Crippen LogP contribution in [-0.4, -0.2) is 15.8 Å². The van der Waals surface area contributed by atoms with Crippen molar-refractivity contribution in [3.8, 4) is 0 Å². The van der Waals surface area contributed by atoms with Gasteiger partial charge in [-0.2, -0.15) is 5.10 Å². The topological polar surface area (TPSA) is 29.9 Å². The van der Waals surface area contributed by atoms with Crippen molar-refractivity contribution in [2.24, 2.45) is 0 Å². The molecule has 92 valence electrons. The summed E-state index contributed by atoms with van der Waals surface area (Å²) >= 11 is 0. The minimum atomic E-state index is 0.450. The van der Waals surface area contributed by atoms with Crippen molar-refractivity contribution in [1.82, 2.24) is 15.1 Å². The molecule has 0 aliphatic carbocycles. The lowest BCUT2D eigenvalue weighted by Crippen LogP contribution is -2.25. The van der Waals surface area contributed by atoms with E-state index >= 15 is 0 Å². The standard InChI is InChI=1S/C13H25N3/c1-5-6-7-12(4)14-8-13-9-15-16(10-13)11(2)3/h9-12,14H,5-8H2,1-4H3. The highest BCUT2D eigenvalue weighted by Crippen LogP contribution is 2.06. The summed E-state index contributed by atoms with van der Waals surface area (Å²) in [4.78, 5) is 0. The first-order valence-electron chi connectivity index (χ1n) is 6.40. The molecule has 0 aromatic carbocycles. The van der Waals surface area contributed by atoms with Crippen LogP contribution in [0, 0.1) is 0 Å². The normalized spacial score (nSPS) is 13.3. The van der Waals surface area contributed by atoms with Gasteiger partial charge in [-0.1, -0.05) is 19.8 Å². The molecule has 0 radical (unpaired) electrons. The molecule has 3 nitrogen and oxygen atoms in total. The predicted octanol–water partition coefficient (Wildman–Crippen LogP) is 3.13.